The van der Waals surface area contributed by atoms with Gasteiger partial charge in [-0.1, -0.05) is 27.7 Å². The molecule has 0 saturated carbocycles. The van der Waals surface area contributed by atoms with Gasteiger partial charge in [0.1, 0.15) is 0 Å². The van der Waals surface area contributed by atoms with Crippen LogP contribution in [0.4, 0.5) is 0 Å². The van der Waals surface area contributed by atoms with E-state index < -0.39 is 5.97 Å². The molecule has 1 rings (SSSR count). The van der Waals surface area contributed by atoms with Gasteiger partial charge < -0.3 is 10.0 Å². The van der Waals surface area contributed by atoms with Gasteiger partial charge in [0.2, 0.25) is 0 Å². The zero-order valence-electron chi connectivity index (χ0n) is 11.7. The molecule has 3 heteroatoms. The summed E-state index contributed by atoms with van der Waals surface area (Å²) >= 11 is 0. The molecule has 0 bridgehead atoms. The summed E-state index contributed by atoms with van der Waals surface area (Å²) in [4.78, 5) is 13.1. The summed E-state index contributed by atoms with van der Waals surface area (Å²) < 4.78 is 0. The standard InChI is InChI=1S/C14H27NO2/c1-11(2)12(5-6-13(16)17)7-8-15-9-14(3,4)10-15/h11-12H,5-10H2,1-4H3,(H,16,17). The first-order valence-corrected chi connectivity index (χ1v) is 6.74. The van der Waals surface area contributed by atoms with E-state index in [2.05, 4.69) is 32.6 Å². The minimum absolute atomic E-state index is 0.314. The van der Waals surface area contributed by atoms with E-state index in [1.807, 2.05) is 0 Å². The van der Waals surface area contributed by atoms with E-state index in [9.17, 15) is 4.79 Å². The van der Waals surface area contributed by atoms with Crippen molar-refractivity contribution in [2.75, 3.05) is 19.6 Å². The van der Waals surface area contributed by atoms with Gasteiger partial charge in [-0.05, 0) is 36.6 Å². The number of rotatable bonds is 7. The van der Waals surface area contributed by atoms with Crippen LogP contribution in [-0.2, 0) is 4.79 Å². The highest BCUT2D eigenvalue weighted by Gasteiger charge is 2.33. The molecule has 1 fully saturated rings. The minimum Gasteiger partial charge on any atom is -0.481 e. The molecule has 100 valence electrons. The van der Waals surface area contributed by atoms with Crippen molar-refractivity contribution in [1.29, 1.82) is 0 Å². The second kappa shape index (κ2) is 5.85. The number of carboxylic acid groups (broad SMARTS) is 1. The summed E-state index contributed by atoms with van der Waals surface area (Å²) in [6.45, 7) is 12.5. The molecule has 0 aromatic rings. The number of carbonyl (C=O) groups is 1. The van der Waals surface area contributed by atoms with Crippen molar-refractivity contribution in [1.82, 2.24) is 4.90 Å². The van der Waals surface area contributed by atoms with Gasteiger partial charge in [0, 0.05) is 19.5 Å². The highest BCUT2D eigenvalue weighted by molar-refractivity contribution is 5.66. The van der Waals surface area contributed by atoms with E-state index in [0.717, 1.165) is 19.4 Å². The summed E-state index contributed by atoms with van der Waals surface area (Å²) in [7, 11) is 0. The maximum absolute atomic E-state index is 10.6. The third kappa shape index (κ3) is 5.07. The summed E-state index contributed by atoms with van der Waals surface area (Å²) in [6, 6.07) is 0. The Balaban J connectivity index is 2.23. The van der Waals surface area contributed by atoms with Crippen LogP contribution in [0.5, 0.6) is 0 Å². The number of nitrogens with zero attached hydrogens (tertiary/aromatic N) is 1. The number of carboxylic acids is 1. The lowest BCUT2D eigenvalue weighted by Gasteiger charge is -2.46. The summed E-state index contributed by atoms with van der Waals surface area (Å²) in [6.07, 6.45) is 2.28. The fraction of sp³-hybridized carbons (Fsp3) is 0.929. The van der Waals surface area contributed by atoms with Crippen LogP contribution in [0.25, 0.3) is 0 Å². The number of hydrogen-bond donors (Lipinski definition) is 1. The molecule has 1 unspecified atom stereocenters. The Bertz CT molecular complexity index is 253. The molecule has 17 heavy (non-hydrogen) atoms. The second-order valence-corrected chi connectivity index (χ2v) is 6.60. The third-order valence-corrected chi connectivity index (χ3v) is 3.79. The van der Waals surface area contributed by atoms with E-state index in [1.165, 1.54) is 13.1 Å². The maximum Gasteiger partial charge on any atom is 0.303 e. The number of likely N-dealkylation sites (tertiary alicyclic amines) is 1. The van der Waals surface area contributed by atoms with E-state index in [0.29, 0.717) is 23.7 Å². The van der Waals surface area contributed by atoms with Crippen molar-refractivity contribution in [2.45, 2.75) is 47.0 Å². The van der Waals surface area contributed by atoms with Crippen LogP contribution in [0.15, 0.2) is 0 Å². The van der Waals surface area contributed by atoms with Crippen LogP contribution in [0, 0.1) is 17.3 Å². The van der Waals surface area contributed by atoms with E-state index >= 15 is 0 Å². The summed E-state index contributed by atoms with van der Waals surface area (Å²) in [5.41, 5.74) is 0.494. The SMILES string of the molecule is CC(C)C(CCC(=O)O)CCN1CC(C)(C)C1. The first-order chi connectivity index (χ1) is 7.80. The van der Waals surface area contributed by atoms with Crippen molar-refractivity contribution in [3.63, 3.8) is 0 Å². The van der Waals surface area contributed by atoms with Gasteiger partial charge in [0.05, 0.1) is 0 Å². The van der Waals surface area contributed by atoms with Crippen molar-refractivity contribution in [3.8, 4) is 0 Å². The molecular weight excluding hydrogens is 214 g/mol. The molecule has 3 nitrogen and oxygen atoms in total. The Morgan fingerprint density at radius 3 is 2.29 bits per heavy atom. The average molecular weight is 241 g/mol. The highest BCUT2D eigenvalue weighted by Crippen LogP contribution is 2.30. The lowest BCUT2D eigenvalue weighted by atomic mass is 9.83. The predicted octanol–water partition coefficient (Wildman–Crippen LogP) is 2.86. The van der Waals surface area contributed by atoms with Gasteiger partial charge in [0.15, 0.2) is 0 Å². The molecule has 1 aliphatic rings. The molecular formula is C14H27NO2. The largest absolute Gasteiger partial charge is 0.481 e. The predicted molar refractivity (Wildman–Crippen MR) is 70.0 cm³/mol. The Morgan fingerprint density at radius 2 is 1.88 bits per heavy atom. The fourth-order valence-electron chi connectivity index (χ4n) is 2.79. The van der Waals surface area contributed by atoms with Crippen LogP contribution >= 0.6 is 0 Å². The van der Waals surface area contributed by atoms with Crippen LogP contribution in [0.2, 0.25) is 0 Å². The Labute approximate surface area is 105 Å². The molecule has 0 radical (unpaired) electrons. The summed E-state index contributed by atoms with van der Waals surface area (Å²) in [5.74, 6) is 0.471. The fourth-order valence-corrected chi connectivity index (χ4v) is 2.79. The topological polar surface area (TPSA) is 40.5 Å². The van der Waals surface area contributed by atoms with Gasteiger partial charge >= 0.3 is 5.97 Å². The first-order valence-electron chi connectivity index (χ1n) is 6.74. The molecule has 0 aromatic carbocycles. The van der Waals surface area contributed by atoms with E-state index in [1.54, 1.807) is 0 Å². The lowest BCUT2D eigenvalue weighted by molar-refractivity contribution is -0.137. The molecule has 1 heterocycles. The molecule has 0 aromatic heterocycles. The van der Waals surface area contributed by atoms with Crippen LogP contribution in [0.1, 0.15) is 47.0 Å². The van der Waals surface area contributed by atoms with Gasteiger partial charge in [-0.2, -0.15) is 0 Å². The molecule has 1 aliphatic heterocycles. The average Bonchev–Trinajstić information content (AvgIpc) is 2.13. The Morgan fingerprint density at radius 1 is 1.29 bits per heavy atom. The molecule has 1 saturated heterocycles. The van der Waals surface area contributed by atoms with Crippen LogP contribution < -0.4 is 0 Å². The van der Waals surface area contributed by atoms with Crippen molar-refractivity contribution in [2.24, 2.45) is 17.3 Å². The highest BCUT2D eigenvalue weighted by atomic mass is 16.4. The van der Waals surface area contributed by atoms with E-state index in [4.69, 9.17) is 5.11 Å². The Kier molecular flexibility index (Phi) is 4.99. The van der Waals surface area contributed by atoms with Gasteiger partial charge in [-0.3, -0.25) is 4.79 Å². The third-order valence-electron chi connectivity index (χ3n) is 3.79. The van der Waals surface area contributed by atoms with Crippen molar-refractivity contribution in [3.05, 3.63) is 0 Å². The van der Waals surface area contributed by atoms with E-state index in [-0.39, 0.29) is 0 Å². The minimum atomic E-state index is -0.666. The summed E-state index contributed by atoms with van der Waals surface area (Å²) in [5, 5.41) is 8.74. The van der Waals surface area contributed by atoms with Gasteiger partial charge in [-0.15, -0.1) is 0 Å². The molecule has 0 spiro atoms. The first kappa shape index (κ1) is 14.5. The zero-order valence-corrected chi connectivity index (χ0v) is 11.7. The van der Waals surface area contributed by atoms with Crippen molar-refractivity contribution >= 4 is 5.97 Å². The quantitative estimate of drug-likeness (QED) is 0.745. The molecule has 0 amide bonds. The van der Waals surface area contributed by atoms with Crippen molar-refractivity contribution < 1.29 is 9.90 Å². The zero-order chi connectivity index (χ0) is 13.1. The molecule has 0 aliphatic carbocycles. The monoisotopic (exact) mass is 241 g/mol. The normalized spacial score (nSPS) is 21.2. The number of hydrogen-bond acceptors (Lipinski definition) is 2. The second-order valence-electron chi connectivity index (χ2n) is 6.60. The lowest BCUT2D eigenvalue weighted by Crippen LogP contribution is -2.53. The van der Waals surface area contributed by atoms with Gasteiger partial charge in [-0.25, -0.2) is 0 Å². The number of aliphatic carboxylic acids is 1. The molecule has 1 N–H and O–H groups in total. The van der Waals surface area contributed by atoms with Crippen LogP contribution in [0.3, 0.4) is 0 Å². The molecule has 1 atom stereocenters. The van der Waals surface area contributed by atoms with Gasteiger partial charge in [0.25, 0.3) is 0 Å². The maximum atomic E-state index is 10.6. The Hall–Kier alpha value is -0.570. The van der Waals surface area contributed by atoms with Crippen LogP contribution in [-0.4, -0.2) is 35.6 Å². The smallest absolute Gasteiger partial charge is 0.303 e.